The molecule has 22 heavy (non-hydrogen) atoms. The lowest BCUT2D eigenvalue weighted by molar-refractivity contribution is -0.871. The Morgan fingerprint density at radius 2 is 2.00 bits per heavy atom. The van der Waals surface area contributed by atoms with Crippen molar-refractivity contribution in [1.29, 1.82) is 0 Å². The van der Waals surface area contributed by atoms with Crippen LogP contribution in [0.3, 0.4) is 0 Å². The molecule has 3 nitrogen and oxygen atoms in total. The molecule has 0 saturated carbocycles. The van der Waals surface area contributed by atoms with Gasteiger partial charge in [-0.3, -0.25) is 0 Å². The average molecular weight is 440 g/mol. The molecule has 1 aromatic carbocycles. The number of nitrogens with zero attached hydrogens (tertiary/aromatic N) is 1. The Hall–Kier alpha value is 0.120. The fraction of sp³-hybridized carbons (Fsp3) is 0.647. The van der Waals surface area contributed by atoms with E-state index in [4.69, 9.17) is 21.1 Å². The standard InChI is InChI=1S/C17H27ClNO2.HI/c1-5-17(14-8-6-7-9-15(14)18)11-10-16(21-17)20-13-12-19(2,3)4;/h6-9,16H,5,10-13H2,1-4H3;1H/q+1;/p-1. The normalized spacial score (nSPS) is 25.0. The summed E-state index contributed by atoms with van der Waals surface area (Å²) in [5, 5.41) is 0.784. The van der Waals surface area contributed by atoms with Gasteiger partial charge in [-0.25, -0.2) is 0 Å². The van der Waals surface area contributed by atoms with E-state index in [0.29, 0.717) is 0 Å². The summed E-state index contributed by atoms with van der Waals surface area (Å²) in [4.78, 5) is 0. The van der Waals surface area contributed by atoms with Crippen LogP contribution >= 0.6 is 11.6 Å². The van der Waals surface area contributed by atoms with Crippen LogP contribution < -0.4 is 24.0 Å². The van der Waals surface area contributed by atoms with Crippen LogP contribution in [-0.2, 0) is 15.1 Å². The van der Waals surface area contributed by atoms with Crippen LogP contribution in [0.25, 0.3) is 0 Å². The zero-order valence-corrected chi connectivity index (χ0v) is 16.9. The van der Waals surface area contributed by atoms with Gasteiger partial charge in [-0.2, -0.15) is 0 Å². The highest BCUT2D eigenvalue weighted by Crippen LogP contribution is 2.44. The van der Waals surface area contributed by atoms with Crippen LogP contribution in [0, 0.1) is 0 Å². The Bertz CT molecular complexity index is 478. The van der Waals surface area contributed by atoms with Crippen molar-refractivity contribution in [3.8, 4) is 0 Å². The van der Waals surface area contributed by atoms with Crippen molar-refractivity contribution in [3.05, 3.63) is 34.9 Å². The third-order valence-electron chi connectivity index (χ3n) is 4.14. The number of ether oxygens (including phenoxy) is 2. The minimum Gasteiger partial charge on any atom is -1.00 e. The van der Waals surface area contributed by atoms with Gasteiger partial charge in [-0.15, -0.1) is 0 Å². The Morgan fingerprint density at radius 1 is 1.32 bits per heavy atom. The molecule has 0 N–H and O–H groups in total. The zero-order valence-electron chi connectivity index (χ0n) is 13.9. The summed E-state index contributed by atoms with van der Waals surface area (Å²) < 4.78 is 13.1. The van der Waals surface area contributed by atoms with Gasteiger partial charge in [0.1, 0.15) is 6.54 Å². The van der Waals surface area contributed by atoms with E-state index in [0.717, 1.165) is 47.5 Å². The van der Waals surface area contributed by atoms with Crippen molar-refractivity contribution in [2.75, 3.05) is 34.3 Å². The molecular formula is C17H27ClINO2. The van der Waals surface area contributed by atoms with Crippen LogP contribution in [-0.4, -0.2) is 45.1 Å². The highest BCUT2D eigenvalue weighted by Gasteiger charge is 2.42. The predicted octanol–water partition coefficient (Wildman–Crippen LogP) is 0.809. The topological polar surface area (TPSA) is 18.5 Å². The second-order valence-corrected chi connectivity index (χ2v) is 7.21. The lowest BCUT2D eigenvalue weighted by Gasteiger charge is -2.30. The molecule has 2 rings (SSSR count). The van der Waals surface area contributed by atoms with Gasteiger partial charge in [0.2, 0.25) is 0 Å². The van der Waals surface area contributed by atoms with Crippen LogP contribution in [0.1, 0.15) is 31.7 Å². The van der Waals surface area contributed by atoms with Crippen molar-refractivity contribution in [2.24, 2.45) is 0 Å². The van der Waals surface area contributed by atoms with Gasteiger partial charge in [0.05, 0.1) is 33.4 Å². The number of benzene rings is 1. The van der Waals surface area contributed by atoms with E-state index in [9.17, 15) is 0 Å². The molecule has 1 saturated heterocycles. The lowest BCUT2D eigenvalue weighted by atomic mass is 9.88. The fourth-order valence-corrected chi connectivity index (χ4v) is 3.08. The van der Waals surface area contributed by atoms with E-state index in [-0.39, 0.29) is 35.9 Å². The highest BCUT2D eigenvalue weighted by molar-refractivity contribution is 6.31. The van der Waals surface area contributed by atoms with Gasteiger partial charge in [-0.05, 0) is 18.9 Å². The van der Waals surface area contributed by atoms with Crippen LogP contribution in [0.5, 0.6) is 0 Å². The number of hydrogen-bond donors (Lipinski definition) is 0. The minimum atomic E-state index is -0.292. The molecule has 1 fully saturated rings. The van der Waals surface area contributed by atoms with Gasteiger partial charge >= 0.3 is 0 Å². The molecule has 5 heteroatoms. The van der Waals surface area contributed by atoms with E-state index >= 15 is 0 Å². The summed E-state index contributed by atoms with van der Waals surface area (Å²) >= 11 is 6.36. The summed E-state index contributed by atoms with van der Waals surface area (Å²) in [6.07, 6.45) is 2.68. The van der Waals surface area contributed by atoms with Crippen molar-refractivity contribution >= 4 is 11.6 Å². The third kappa shape index (κ3) is 5.06. The van der Waals surface area contributed by atoms with E-state index in [1.54, 1.807) is 0 Å². The van der Waals surface area contributed by atoms with Crippen LogP contribution in [0.15, 0.2) is 24.3 Å². The molecule has 1 aromatic rings. The van der Waals surface area contributed by atoms with Crippen molar-refractivity contribution in [2.45, 2.75) is 38.1 Å². The summed E-state index contributed by atoms with van der Waals surface area (Å²) in [5.41, 5.74) is 0.798. The number of likely N-dealkylation sites (N-methyl/N-ethyl adjacent to an activating group) is 1. The first-order valence-corrected chi connectivity index (χ1v) is 8.09. The first-order chi connectivity index (χ1) is 9.86. The van der Waals surface area contributed by atoms with E-state index < -0.39 is 0 Å². The van der Waals surface area contributed by atoms with E-state index in [2.05, 4.69) is 34.1 Å². The second-order valence-electron chi connectivity index (χ2n) is 6.80. The Balaban J connectivity index is 0.00000242. The quantitative estimate of drug-likeness (QED) is 0.482. The first kappa shape index (κ1) is 20.2. The summed E-state index contributed by atoms with van der Waals surface area (Å²) in [7, 11) is 6.50. The van der Waals surface area contributed by atoms with Crippen molar-refractivity contribution in [1.82, 2.24) is 0 Å². The molecular weight excluding hydrogens is 413 g/mol. The Morgan fingerprint density at radius 3 is 2.59 bits per heavy atom. The number of halogens is 2. The molecule has 1 aliphatic heterocycles. The smallest absolute Gasteiger partial charge is 0.159 e. The number of rotatable bonds is 6. The molecule has 126 valence electrons. The second kappa shape index (κ2) is 8.29. The minimum absolute atomic E-state index is 0. The Labute approximate surface area is 156 Å². The maximum absolute atomic E-state index is 6.36. The van der Waals surface area contributed by atoms with Gasteiger partial charge in [-0.1, -0.05) is 36.7 Å². The van der Waals surface area contributed by atoms with Gasteiger partial charge in [0.25, 0.3) is 0 Å². The zero-order chi connectivity index (χ0) is 15.5. The van der Waals surface area contributed by atoms with E-state index in [1.165, 1.54) is 0 Å². The Kier molecular flexibility index (Phi) is 7.60. The molecule has 0 aromatic heterocycles. The summed E-state index contributed by atoms with van der Waals surface area (Å²) in [5.74, 6) is 0. The number of quaternary nitrogens is 1. The van der Waals surface area contributed by atoms with Crippen molar-refractivity contribution in [3.63, 3.8) is 0 Å². The van der Waals surface area contributed by atoms with Crippen LogP contribution in [0.4, 0.5) is 0 Å². The van der Waals surface area contributed by atoms with Gasteiger partial charge < -0.3 is 37.9 Å². The highest BCUT2D eigenvalue weighted by atomic mass is 127. The molecule has 0 radical (unpaired) electrons. The molecule has 2 unspecified atom stereocenters. The van der Waals surface area contributed by atoms with Gasteiger partial charge in [0.15, 0.2) is 6.29 Å². The maximum atomic E-state index is 6.36. The maximum Gasteiger partial charge on any atom is 0.159 e. The molecule has 0 bridgehead atoms. The first-order valence-electron chi connectivity index (χ1n) is 7.71. The van der Waals surface area contributed by atoms with Crippen molar-refractivity contribution < 1.29 is 37.9 Å². The van der Waals surface area contributed by atoms with Gasteiger partial charge in [0, 0.05) is 17.0 Å². The average Bonchev–Trinajstić information content (AvgIpc) is 2.82. The molecule has 0 aliphatic carbocycles. The number of hydrogen-bond acceptors (Lipinski definition) is 2. The molecule has 1 aliphatic rings. The largest absolute Gasteiger partial charge is 1.00 e. The molecule has 1 heterocycles. The summed E-state index contributed by atoms with van der Waals surface area (Å²) in [6.45, 7) is 3.85. The molecule has 2 atom stereocenters. The lowest BCUT2D eigenvalue weighted by Crippen LogP contribution is -3.00. The third-order valence-corrected chi connectivity index (χ3v) is 4.47. The summed E-state index contributed by atoms with van der Waals surface area (Å²) in [6, 6.07) is 7.98. The van der Waals surface area contributed by atoms with E-state index in [1.807, 2.05) is 18.2 Å². The molecule has 0 amide bonds. The monoisotopic (exact) mass is 439 g/mol. The predicted molar refractivity (Wildman–Crippen MR) is 86.4 cm³/mol. The fourth-order valence-electron chi connectivity index (χ4n) is 2.78. The van der Waals surface area contributed by atoms with Crippen LogP contribution in [0.2, 0.25) is 5.02 Å². The molecule has 0 spiro atoms. The SMILES string of the molecule is CCC1(c2ccccc2Cl)CCC(OCC[N+](C)(C)C)O1.[I-].